The molecule has 0 unspecified atom stereocenters. The van der Waals surface area contributed by atoms with Gasteiger partial charge in [-0.15, -0.1) is 18.2 Å². The molecule has 0 fully saturated rings. The van der Waals surface area contributed by atoms with Gasteiger partial charge in [-0.25, -0.2) is 0 Å². The molecule has 1 radical (unpaired) electrons. The number of benzene rings is 3. The van der Waals surface area contributed by atoms with Gasteiger partial charge in [0, 0.05) is 37.5 Å². The van der Waals surface area contributed by atoms with Crippen molar-refractivity contribution in [2.45, 2.75) is 55.4 Å². The van der Waals surface area contributed by atoms with E-state index in [0.717, 1.165) is 16.7 Å². The van der Waals surface area contributed by atoms with E-state index in [1.54, 1.807) is 0 Å². The summed E-state index contributed by atoms with van der Waals surface area (Å²) >= 11 is 0. The van der Waals surface area contributed by atoms with Gasteiger partial charge in [-0.3, -0.25) is 4.98 Å². The molecule has 0 aliphatic heterocycles. The normalized spacial score (nSPS) is 11.5. The molecule has 2 aromatic heterocycles. The van der Waals surface area contributed by atoms with Crippen LogP contribution < -0.4 is 0 Å². The van der Waals surface area contributed by atoms with Crippen LogP contribution in [0.15, 0.2) is 30.5 Å². The fraction of sp³-hybridized carbons (Fsp3) is 0.276. The average Bonchev–Trinajstić information content (AvgIpc) is 3.14. The smallest absolute Gasteiger partial charge is 0.0612 e. The maximum Gasteiger partial charge on any atom is 0.0612 e. The second kappa shape index (κ2) is 7.83. The molecule has 3 aromatic carbocycles. The summed E-state index contributed by atoms with van der Waals surface area (Å²) in [5.41, 5.74) is 15.4. The van der Waals surface area contributed by atoms with E-state index in [0.29, 0.717) is 0 Å². The third-order valence-corrected chi connectivity index (χ3v) is 7.46. The van der Waals surface area contributed by atoms with Crippen LogP contribution in [0.4, 0.5) is 0 Å². The van der Waals surface area contributed by atoms with Gasteiger partial charge in [0.1, 0.15) is 0 Å². The Hall–Kier alpha value is -2.48. The Labute approximate surface area is 204 Å². The number of aryl methyl sites for hydroxylation is 3. The van der Waals surface area contributed by atoms with E-state index in [2.05, 4.69) is 96.3 Å². The van der Waals surface area contributed by atoms with E-state index in [1.807, 2.05) is 0 Å². The second-order valence-corrected chi connectivity index (χ2v) is 9.17. The molecule has 2 heterocycles. The van der Waals surface area contributed by atoms with Gasteiger partial charge in [0.15, 0.2) is 0 Å². The zero-order valence-corrected chi connectivity index (χ0v) is 22.5. The molecule has 0 aliphatic rings. The molecule has 2 nitrogen and oxygen atoms in total. The SMILES string of the molecule is Cc1cn2c3cc(C)c(C)cc3c3c(-c4c(C)c(C)c(C)c(C)c4C)cc[c-]c3c2n1.[Ir]. The third kappa shape index (κ3) is 3.06. The summed E-state index contributed by atoms with van der Waals surface area (Å²) in [7, 11) is 0. The molecule has 5 rings (SSSR count). The fourth-order valence-corrected chi connectivity index (χ4v) is 5.13. The molecule has 165 valence electrons. The zero-order valence-electron chi connectivity index (χ0n) is 20.1. The predicted molar refractivity (Wildman–Crippen MR) is 132 cm³/mol. The van der Waals surface area contributed by atoms with E-state index in [4.69, 9.17) is 4.98 Å². The molecule has 0 N–H and O–H groups in total. The minimum absolute atomic E-state index is 0. The van der Waals surface area contributed by atoms with Crippen LogP contribution >= 0.6 is 0 Å². The van der Waals surface area contributed by atoms with E-state index in [1.165, 1.54) is 66.4 Å². The number of imidazole rings is 1. The van der Waals surface area contributed by atoms with Crippen LogP contribution in [-0.2, 0) is 20.1 Å². The Kier molecular flexibility index (Phi) is 5.56. The molecule has 0 spiro atoms. The van der Waals surface area contributed by atoms with Crippen molar-refractivity contribution in [2.24, 2.45) is 0 Å². The number of pyridine rings is 1. The summed E-state index contributed by atoms with van der Waals surface area (Å²) < 4.78 is 2.24. The van der Waals surface area contributed by atoms with Gasteiger partial charge in [-0.1, -0.05) is 22.4 Å². The van der Waals surface area contributed by atoms with Gasteiger partial charge in [-0.2, -0.15) is 0 Å². The number of nitrogens with zero attached hydrogens (tertiary/aromatic N) is 2. The summed E-state index contributed by atoms with van der Waals surface area (Å²) in [5, 5.41) is 3.62. The molecule has 0 aliphatic carbocycles. The number of hydrogen-bond acceptors (Lipinski definition) is 1. The standard InChI is InChI=1S/C29H29N2.Ir/c1-15-12-25-26(13-16(15)2)31-14-17(3)30-29(31)24-11-9-10-23(28(24)25)27-21(7)19(5)18(4)20(6)22(27)8;/h9-10,12-14H,1-8H3;/q-1;. The quantitative estimate of drug-likeness (QED) is 0.144. The molecule has 0 atom stereocenters. The number of fused-ring (bicyclic) bond motifs is 6. The van der Waals surface area contributed by atoms with Crippen molar-refractivity contribution in [3.05, 3.63) is 81.2 Å². The first-order chi connectivity index (χ1) is 14.7. The van der Waals surface area contributed by atoms with Crippen molar-refractivity contribution >= 4 is 27.3 Å². The van der Waals surface area contributed by atoms with Crippen molar-refractivity contribution in [1.82, 2.24) is 9.38 Å². The molecule has 32 heavy (non-hydrogen) atoms. The maximum absolute atomic E-state index is 4.90. The topological polar surface area (TPSA) is 17.3 Å². The van der Waals surface area contributed by atoms with Gasteiger partial charge < -0.3 is 4.40 Å². The summed E-state index contributed by atoms with van der Waals surface area (Å²) in [6.45, 7) is 17.7. The van der Waals surface area contributed by atoms with Crippen LogP contribution in [0.25, 0.3) is 38.4 Å². The summed E-state index contributed by atoms with van der Waals surface area (Å²) in [4.78, 5) is 4.90. The van der Waals surface area contributed by atoms with Crippen LogP contribution in [-0.4, -0.2) is 9.38 Å². The van der Waals surface area contributed by atoms with Crippen LogP contribution in [0.3, 0.4) is 0 Å². The largest absolute Gasteiger partial charge is 0.340 e. The minimum atomic E-state index is 0. The summed E-state index contributed by atoms with van der Waals surface area (Å²) in [6, 6.07) is 12.5. The molecule has 3 heteroatoms. The Morgan fingerprint density at radius 2 is 1.38 bits per heavy atom. The molecular formula is C29H29IrN2-. The van der Waals surface area contributed by atoms with E-state index in [-0.39, 0.29) is 20.1 Å². The van der Waals surface area contributed by atoms with E-state index in [9.17, 15) is 0 Å². The molecule has 5 aromatic rings. The van der Waals surface area contributed by atoms with Crippen LogP contribution in [0, 0.1) is 61.5 Å². The molecule has 0 amide bonds. The zero-order chi connectivity index (χ0) is 22.2. The van der Waals surface area contributed by atoms with E-state index < -0.39 is 0 Å². The molecule has 0 saturated carbocycles. The predicted octanol–water partition coefficient (Wildman–Crippen LogP) is 7.57. The first-order valence-electron chi connectivity index (χ1n) is 11.0. The van der Waals surface area contributed by atoms with Crippen LogP contribution in [0.5, 0.6) is 0 Å². The minimum Gasteiger partial charge on any atom is -0.340 e. The first-order valence-corrected chi connectivity index (χ1v) is 11.0. The number of rotatable bonds is 1. The van der Waals surface area contributed by atoms with Crippen molar-refractivity contribution in [3.63, 3.8) is 0 Å². The monoisotopic (exact) mass is 598 g/mol. The Balaban J connectivity index is 0.00000245. The Morgan fingerprint density at radius 3 is 2.03 bits per heavy atom. The molecule has 0 saturated heterocycles. The second-order valence-electron chi connectivity index (χ2n) is 9.17. The third-order valence-electron chi connectivity index (χ3n) is 7.46. The van der Waals surface area contributed by atoms with Gasteiger partial charge in [0.25, 0.3) is 0 Å². The Bertz CT molecular complexity index is 1520. The van der Waals surface area contributed by atoms with Crippen molar-refractivity contribution in [2.75, 3.05) is 0 Å². The fourth-order valence-electron chi connectivity index (χ4n) is 5.13. The van der Waals surface area contributed by atoms with Crippen molar-refractivity contribution < 1.29 is 20.1 Å². The first kappa shape index (κ1) is 22.7. The number of hydrogen-bond donors (Lipinski definition) is 0. The number of aromatic nitrogens is 2. The molecule has 0 bridgehead atoms. The summed E-state index contributed by atoms with van der Waals surface area (Å²) in [5.74, 6) is 0. The van der Waals surface area contributed by atoms with Gasteiger partial charge in [-0.05, 0) is 111 Å². The maximum atomic E-state index is 4.90. The van der Waals surface area contributed by atoms with Gasteiger partial charge in [0.2, 0.25) is 0 Å². The van der Waals surface area contributed by atoms with Crippen LogP contribution in [0.2, 0.25) is 0 Å². The Morgan fingerprint density at radius 1 is 0.781 bits per heavy atom. The van der Waals surface area contributed by atoms with E-state index >= 15 is 0 Å². The summed E-state index contributed by atoms with van der Waals surface area (Å²) in [6.07, 6.45) is 2.14. The van der Waals surface area contributed by atoms with Crippen molar-refractivity contribution in [3.8, 4) is 11.1 Å². The van der Waals surface area contributed by atoms with Crippen molar-refractivity contribution in [1.29, 1.82) is 0 Å². The molecular weight excluding hydrogens is 569 g/mol. The van der Waals surface area contributed by atoms with Gasteiger partial charge in [0.05, 0.1) is 5.65 Å². The average molecular weight is 598 g/mol. The van der Waals surface area contributed by atoms with Gasteiger partial charge >= 0.3 is 0 Å². The van der Waals surface area contributed by atoms with Crippen LogP contribution in [0.1, 0.15) is 44.6 Å².